The summed E-state index contributed by atoms with van der Waals surface area (Å²) >= 11 is 0. The zero-order valence-corrected chi connectivity index (χ0v) is 17.9. The van der Waals surface area contributed by atoms with Crippen LogP contribution in [-0.2, 0) is 31.6 Å². The molecule has 19 nitrogen and oxygen atoms in total. The smallest absolute Gasteiger partial charge is 0.478 e. The van der Waals surface area contributed by atoms with E-state index in [4.69, 9.17) is 10.5 Å². The highest BCUT2D eigenvalue weighted by Gasteiger charge is 2.45. The van der Waals surface area contributed by atoms with Crippen LogP contribution in [0, 0.1) is 0 Å². The van der Waals surface area contributed by atoms with Gasteiger partial charge in [0.05, 0.1) is 20.8 Å². The molecular weight excluding hydrogens is 507 g/mol. The predicted octanol–water partition coefficient (Wildman–Crippen LogP) is -4.23. The number of aromatic amines is 1. The normalized spacial score (nSPS) is 27.9. The Labute approximate surface area is 175 Å². The summed E-state index contributed by atoms with van der Waals surface area (Å²) in [5, 5.41) is 20.4. The van der Waals surface area contributed by atoms with Crippen LogP contribution in [0.3, 0.4) is 0 Å². The molecule has 1 aliphatic heterocycles. The number of hydrogen-bond acceptors (Lipinski definition) is 16. The van der Waals surface area contributed by atoms with Crippen molar-refractivity contribution in [3.05, 3.63) is 16.7 Å². The molecule has 1 saturated heterocycles. The van der Waals surface area contributed by atoms with E-state index in [2.05, 4.69) is 28.1 Å². The largest absolute Gasteiger partial charge is 0.790 e. The second-order valence-electron chi connectivity index (χ2n) is 6.14. The van der Waals surface area contributed by atoms with Gasteiger partial charge in [-0.05, 0) is 0 Å². The van der Waals surface area contributed by atoms with E-state index in [1.165, 1.54) is 0 Å². The molecule has 32 heavy (non-hydrogen) atoms. The quantitative estimate of drug-likeness (QED) is 0.206. The van der Waals surface area contributed by atoms with Gasteiger partial charge in [-0.1, -0.05) is 0 Å². The Morgan fingerprint density at radius 3 is 2.50 bits per heavy atom. The monoisotopic (exact) mass is 520 g/mol. The van der Waals surface area contributed by atoms with E-state index in [0.29, 0.717) is 0 Å². The summed E-state index contributed by atoms with van der Waals surface area (Å²) in [5.41, 5.74) is 4.43. The molecule has 0 saturated carbocycles. The Hall–Kier alpha value is -1.56. The molecule has 180 valence electrons. The van der Waals surface area contributed by atoms with Gasteiger partial charge >= 0.3 is 7.82 Å². The molecule has 1 aliphatic rings. The molecule has 6 atom stereocenters. The van der Waals surface area contributed by atoms with Crippen LogP contribution < -0.4 is 26.0 Å². The third kappa shape index (κ3) is 5.67. The number of nitrogen functional groups attached to an aromatic ring is 1. The number of nitrogens with one attached hydrogen (secondary N) is 1. The van der Waals surface area contributed by atoms with Crippen LogP contribution in [0.25, 0.3) is 11.2 Å². The zero-order chi connectivity index (χ0) is 24.1. The molecule has 22 heteroatoms. The lowest BCUT2D eigenvalue weighted by Crippen LogP contribution is -2.33. The molecule has 0 aliphatic carbocycles. The minimum atomic E-state index is -6.13. The summed E-state index contributed by atoms with van der Waals surface area (Å²) in [7, 11) is -17.8. The fourth-order valence-electron chi connectivity index (χ4n) is 2.68. The summed E-state index contributed by atoms with van der Waals surface area (Å²) < 4.78 is 50.4. The van der Waals surface area contributed by atoms with Gasteiger partial charge < -0.3 is 44.8 Å². The maximum Gasteiger partial charge on any atom is 0.478 e. The molecule has 0 aromatic carbocycles. The maximum atomic E-state index is 11.8. The van der Waals surface area contributed by atoms with E-state index in [-0.39, 0.29) is 17.1 Å². The molecule has 6 unspecified atom stereocenters. The molecule has 3 heterocycles. The van der Waals surface area contributed by atoms with Gasteiger partial charge in [-0.3, -0.25) is 27.7 Å². The first-order valence-corrected chi connectivity index (χ1v) is 12.5. The molecule has 6 N–H and O–H groups in total. The topological polar surface area (TPSA) is 308 Å². The Morgan fingerprint density at radius 2 is 1.88 bits per heavy atom. The SMILES string of the molecule is Nc1nc2c(ncn2C2OC(COP(=O)(O)OP(=O)([O-])OP(=O)([O-])[O-])C(O)C2O)c(=O)[nH]1. The molecule has 2 aromatic rings. The van der Waals surface area contributed by atoms with E-state index in [9.17, 15) is 48.3 Å². The molecular formula is C10H13N5O14P3-3. The van der Waals surface area contributed by atoms with Crippen molar-refractivity contribution in [2.24, 2.45) is 0 Å². The first-order valence-electron chi connectivity index (χ1n) is 8.05. The molecule has 0 bridgehead atoms. The first-order chi connectivity index (χ1) is 14.6. The average Bonchev–Trinajstić information content (AvgIpc) is 3.12. The van der Waals surface area contributed by atoms with Gasteiger partial charge in [0.1, 0.15) is 18.3 Å². The van der Waals surface area contributed by atoms with Crippen LogP contribution in [0.1, 0.15) is 6.23 Å². The van der Waals surface area contributed by atoms with E-state index in [1.807, 2.05) is 0 Å². The van der Waals surface area contributed by atoms with E-state index >= 15 is 0 Å². The number of phosphoric ester groups is 1. The molecule has 0 spiro atoms. The van der Waals surface area contributed by atoms with Crippen molar-refractivity contribution >= 4 is 40.6 Å². The number of nitrogens with two attached hydrogens (primary N) is 1. The van der Waals surface area contributed by atoms with E-state index in [1.54, 1.807) is 0 Å². The Bertz CT molecular complexity index is 1210. The second kappa shape index (κ2) is 8.66. The highest BCUT2D eigenvalue weighted by atomic mass is 31.3. The van der Waals surface area contributed by atoms with Crippen LogP contribution in [0.4, 0.5) is 5.95 Å². The number of H-pyrrole nitrogens is 1. The zero-order valence-electron chi connectivity index (χ0n) is 15.2. The highest BCUT2D eigenvalue weighted by Crippen LogP contribution is 2.62. The minimum absolute atomic E-state index is 0.135. The number of rotatable bonds is 8. The molecule has 2 aromatic heterocycles. The van der Waals surface area contributed by atoms with Crippen molar-refractivity contribution < 1.29 is 61.4 Å². The van der Waals surface area contributed by atoms with Gasteiger partial charge in [-0.15, -0.1) is 0 Å². The lowest BCUT2D eigenvalue weighted by molar-refractivity contribution is -0.339. The summed E-state index contributed by atoms with van der Waals surface area (Å²) in [5.74, 6) is -0.291. The predicted molar refractivity (Wildman–Crippen MR) is 91.6 cm³/mol. The van der Waals surface area contributed by atoms with Gasteiger partial charge in [-0.25, -0.2) is 13.9 Å². The van der Waals surface area contributed by atoms with Crippen molar-refractivity contribution in [1.29, 1.82) is 0 Å². The fraction of sp³-hybridized carbons (Fsp3) is 0.500. The van der Waals surface area contributed by atoms with Crippen molar-refractivity contribution in [2.75, 3.05) is 12.3 Å². The summed E-state index contributed by atoms with van der Waals surface area (Å²) in [6.07, 6.45) is -5.49. The molecule has 3 rings (SSSR count). The van der Waals surface area contributed by atoms with Crippen molar-refractivity contribution in [3.63, 3.8) is 0 Å². The van der Waals surface area contributed by atoms with Crippen LogP contribution in [0.5, 0.6) is 0 Å². The van der Waals surface area contributed by atoms with E-state index < -0.39 is 60.2 Å². The molecule has 1 fully saturated rings. The number of aliphatic hydroxyl groups is 2. The number of hydrogen-bond donors (Lipinski definition) is 5. The number of ether oxygens (including phenoxy) is 1. The van der Waals surface area contributed by atoms with Gasteiger partial charge in [-0.2, -0.15) is 4.98 Å². The number of nitrogens with zero attached hydrogens (tertiary/aromatic N) is 3. The van der Waals surface area contributed by atoms with Crippen LogP contribution >= 0.6 is 23.5 Å². The Balaban J connectivity index is 1.72. The van der Waals surface area contributed by atoms with E-state index in [0.717, 1.165) is 10.9 Å². The average molecular weight is 520 g/mol. The van der Waals surface area contributed by atoms with Crippen molar-refractivity contribution in [2.45, 2.75) is 24.5 Å². The number of imidazole rings is 1. The summed E-state index contributed by atoms with van der Waals surface area (Å²) in [4.78, 5) is 62.9. The van der Waals surface area contributed by atoms with Crippen molar-refractivity contribution in [3.8, 4) is 0 Å². The van der Waals surface area contributed by atoms with Crippen molar-refractivity contribution in [1.82, 2.24) is 19.5 Å². The third-order valence-corrected chi connectivity index (χ3v) is 7.57. The van der Waals surface area contributed by atoms with Gasteiger partial charge in [0.15, 0.2) is 17.4 Å². The summed E-state index contributed by atoms with van der Waals surface area (Å²) in [6.45, 7) is -1.07. The highest BCUT2D eigenvalue weighted by molar-refractivity contribution is 7.65. The number of anilines is 1. The molecule has 0 amide bonds. The second-order valence-corrected chi connectivity index (χ2v) is 10.4. The Morgan fingerprint density at radius 1 is 1.22 bits per heavy atom. The Kier molecular flexibility index (Phi) is 6.78. The lowest BCUT2D eigenvalue weighted by atomic mass is 10.1. The van der Waals surface area contributed by atoms with Gasteiger partial charge in [0, 0.05) is 0 Å². The number of aliphatic hydroxyl groups excluding tert-OH is 2. The van der Waals surface area contributed by atoms with Gasteiger partial charge in [0.25, 0.3) is 13.4 Å². The lowest BCUT2D eigenvalue weighted by Gasteiger charge is -2.35. The fourth-order valence-corrected chi connectivity index (χ4v) is 5.58. The number of fused-ring (bicyclic) bond motifs is 1. The summed E-state index contributed by atoms with van der Waals surface area (Å²) in [6, 6.07) is 0. The number of aromatic nitrogens is 4. The minimum Gasteiger partial charge on any atom is -0.790 e. The molecule has 0 radical (unpaired) electrons. The maximum absolute atomic E-state index is 11.8. The van der Waals surface area contributed by atoms with Crippen LogP contribution in [0.15, 0.2) is 11.1 Å². The third-order valence-electron chi connectivity index (χ3n) is 3.87. The van der Waals surface area contributed by atoms with Gasteiger partial charge in [0.2, 0.25) is 5.95 Å². The number of phosphoric acid groups is 3. The van der Waals surface area contributed by atoms with Crippen LogP contribution in [0.2, 0.25) is 0 Å². The first kappa shape index (κ1) is 25.1. The standard InChI is InChI=1S/C10H16N5O14P3/c11-10-13-7-4(8(18)14-10)12-2-15(7)9-6(17)5(16)3(27-9)1-26-31(22,23)29-32(24,25)28-30(19,20)21/h2-3,5-6,9,16-17H,1H2,(H,22,23)(H,24,25)(H2,19,20,21)(H3,11,13,14,18)/p-3. The van der Waals surface area contributed by atoms with Crippen LogP contribution in [-0.4, -0.2) is 59.5 Å².